The second-order valence-corrected chi connectivity index (χ2v) is 7.81. The Balaban J connectivity index is 1.75. The molecule has 25 heavy (non-hydrogen) atoms. The van der Waals surface area contributed by atoms with Crippen LogP contribution in [-0.2, 0) is 10.0 Å². The van der Waals surface area contributed by atoms with Gasteiger partial charge in [-0.15, -0.1) is 0 Å². The van der Waals surface area contributed by atoms with Gasteiger partial charge in [0.2, 0.25) is 5.95 Å². The summed E-state index contributed by atoms with van der Waals surface area (Å²) in [7, 11) is -2.31. The third-order valence-corrected chi connectivity index (χ3v) is 5.64. The number of halogens is 1. The highest BCUT2D eigenvalue weighted by Crippen LogP contribution is 2.27. The number of piperidine rings is 1. The van der Waals surface area contributed by atoms with E-state index in [1.165, 1.54) is 44.1 Å². The summed E-state index contributed by atoms with van der Waals surface area (Å²) in [5.74, 6) is 1.03. The summed E-state index contributed by atoms with van der Waals surface area (Å²) >= 11 is 6.00. The molecule has 0 saturated carbocycles. The molecule has 3 rings (SSSR count). The van der Waals surface area contributed by atoms with E-state index in [4.69, 9.17) is 16.3 Å². The number of anilines is 2. The number of ether oxygens (including phenoxy) is 1. The van der Waals surface area contributed by atoms with Gasteiger partial charge >= 0.3 is 0 Å². The van der Waals surface area contributed by atoms with Gasteiger partial charge in [0.25, 0.3) is 10.0 Å². The molecule has 0 atom stereocenters. The number of nitrogens with one attached hydrogen (secondary N) is 1. The van der Waals surface area contributed by atoms with E-state index in [9.17, 15) is 8.42 Å². The monoisotopic (exact) mass is 382 g/mol. The van der Waals surface area contributed by atoms with Crippen LogP contribution in [0.4, 0.5) is 11.6 Å². The minimum absolute atomic E-state index is 0.0402. The maximum atomic E-state index is 12.5. The van der Waals surface area contributed by atoms with Crippen LogP contribution in [0.2, 0.25) is 5.02 Å². The van der Waals surface area contributed by atoms with Gasteiger partial charge in [-0.2, -0.15) is 0 Å². The normalized spacial score (nSPS) is 15.0. The minimum atomic E-state index is -3.78. The van der Waals surface area contributed by atoms with Crippen LogP contribution >= 0.6 is 11.6 Å². The van der Waals surface area contributed by atoms with Gasteiger partial charge in [-0.3, -0.25) is 4.72 Å². The van der Waals surface area contributed by atoms with Crippen molar-refractivity contribution < 1.29 is 13.2 Å². The highest BCUT2D eigenvalue weighted by Gasteiger charge is 2.18. The zero-order valence-corrected chi connectivity index (χ0v) is 15.3. The Hall–Kier alpha value is -2.06. The molecule has 1 aliphatic heterocycles. The molecule has 1 saturated heterocycles. The fourth-order valence-electron chi connectivity index (χ4n) is 2.66. The first-order chi connectivity index (χ1) is 12.0. The Morgan fingerprint density at radius 3 is 2.44 bits per heavy atom. The van der Waals surface area contributed by atoms with Crippen molar-refractivity contribution in [3.8, 4) is 5.75 Å². The molecule has 1 aliphatic rings. The molecule has 134 valence electrons. The molecule has 1 N–H and O–H groups in total. The van der Waals surface area contributed by atoms with Crippen LogP contribution in [-0.4, -0.2) is 38.6 Å². The lowest BCUT2D eigenvalue weighted by molar-refractivity contribution is 0.414. The molecule has 2 heterocycles. The van der Waals surface area contributed by atoms with Gasteiger partial charge in [0.15, 0.2) is 0 Å². The first-order valence-corrected chi connectivity index (χ1v) is 9.79. The summed E-state index contributed by atoms with van der Waals surface area (Å²) in [6.07, 6.45) is 6.41. The van der Waals surface area contributed by atoms with E-state index in [0.717, 1.165) is 25.9 Å². The lowest BCUT2D eigenvalue weighted by Gasteiger charge is -2.26. The fraction of sp³-hybridized carbons (Fsp3) is 0.375. The molecule has 0 spiro atoms. The molecule has 0 unspecified atom stereocenters. The van der Waals surface area contributed by atoms with E-state index in [1.807, 2.05) is 0 Å². The van der Waals surface area contributed by atoms with E-state index < -0.39 is 10.0 Å². The SMILES string of the molecule is COc1ccc(S(=O)(=O)Nc2cnc(N3CCCCC3)nc2)cc1Cl. The van der Waals surface area contributed by atoms with Gasteiger partial charge in [-0.1, -0.05) is 11.6 Å². The number of aromatic nitrogens is 2. The predicted molar refractivity (Wildman–Crippen MR) is 96.9 cm³/mol. The molecule has 1 aromatic heterocycles. The highest BCUT2D eigenvalue weighted by atomic mass is 35.5. The summed E-state index contributed by atoms with van der Waals surface area (Å²) < 4.78 is 32.4. The summed E-state index contributed by atoms with van der Waals surface area (Å²) in [4.78, 5) is 10.7. The van der Waals surface area contributed by atoms with Crippen LogP contribution in [0.3, 0.4) is 0 Å². The molecular formula is C16H19ClN4O3S. The highest BCUT2D eigenvalue weighted by molar-refractivity contribution is 7.92. The Bertz CT molecular complexity index is 837. The second-order valence-electron chi connectivity index (χ2n) is 5.72. The molecule has 1 fully saturated rings. The van der Waals surface area contributed by atoms with Gasteiger partial charge < -0.3 is 9.64 Å². The van der Waals surface area contributed by atoms with E-state index in [-0.39, 0.29) is 9.92 Å². The van der Waals surface area contributed by atoms with Gasteiger partial charge in [0, 0.05) is 13.1 Å². The van der Waals surface area contributed by atoms with Gasteiger partial charge in [-0.25, -0.2) is 18.4 Å². The zero-order chi connectivity index (χ0) is 17.9. The van der Waals surface area contributed by atoms with Gasteiger partial charge in [0.1, 0.15) is 5.75 Å². The number of methoxy groups -OCH3 is 1. The summed E-state index contributed by atoms with van der Waals surface area (Å²) in [5.41, 5.74) is 0.299. The summed E-state index contributed by atoms with van der Waals surface area (Å²) in [6, 6.07) is 4.27. The van der Waals surface area contributed by atoms with Crippen molar-refractivity contribution in [1.29, 1.82) is 0 Å². The molecule has 1 aromatic carbocycles. The van der Waals surface area contributed by atoms with E-state index in [0.29, 0.717) is 17.4 Å². The third kappa shape index (κ3) is 4.13. The first-order valence-electron chi connectivity index (χ1n) is 7.93. The molecule has 0 bridgehead atoms. The van der Waals surface area contributed by atoms with Crippen LogP contribution < -0.4 is 14.4 Å². The quantitative estimate of drug-likeness (QED) is 0.855. The number of nitrogens with zero attached hydrogens (tertiary/aromatic N) is 3. The van der Waals surface area contributed by atoms with Crippen molar-refractivity contribution in [2.45, 2.75) is 24.2 Å². The van der Waals surface area contributed by atoms with E-state index >= 15 is 0 Å². The average Bonchev–Trinajstić information content (AvgIpc) is 2.62. The van der Waals surface area contributed by atoms with Gasteiger partial charge in [0.05, 0.1) is 35.1 Å². The maximum absolute atomic E-state index is 12.5. The van der Waals surface area contributed by atoms with Crippen molar-refractivity contribution in [1.82, 2.24) is 9.97 Å². The second kappa shape index (κ2) is 7.45. The standard InChI is InChI=1S/C16H19ClN4O3S/c1-24-15-6-5-13(9-14(15)17)25(22,23)20-12-10-18-16(19-11-12)21-7-3-2-4-8-21/h5-6,9-11,20H,2-4,7-8H2,1H3. The smallest absolute Gasteiger partial charge is 0.262 e. The Morgan fingerprint density at radius 2 is 1.84 bits per heavy atom. The number of hydrogen-bond donors (Lipinski definition) is 1. The van der Waals surface area contributed by atoms with Crippen LogP contribution in [0, 0.1) is 0 Å². The Kier molecular flexibility index (Phi) is 5.29. The maximum Gasteiger partial charge on any atom is 0.262 e. The molecule has 0 radical (unpaired) electrons. The number of hydrogen-bond acceptors (Lipinski definition) is 6. The van der Waals surface area contributed by atoms with Crippen LogP contribution in [0.1, 0.15) is 19.3 Å². The summed E-state index contributed by atoms with van der Waals surface area (Å²) in [5, 5.41) is 0.224. The minimum Gasteiger partial charge on any atom is -0.495 e. The largest absolute Gasteiger partial charge is 0.495 e. The summed E-state index contributed by atoms with van der Waals surface area (Å²) in [6.45, 7) is 1.85. The predicted octanol–water partition coefficient (Wildman–Crippen LogP) is 2.93. The van der Waals surface area contributed by atoms with Crippen molar-refractivity contribution in [2.24, 2.45) is 0 Å². The molecule has 0 amide bonds. The molecule has 9 heteroatoms. The molecule has 2 aromatic rings. The number of rotatable bonds is 5. The van der Waals surface area contributed by atoms with Crippen molar-refractivity contribution in [3.05, 3.63) is 35.6 Å². The average molecular weight is 383 g/mol. The van der Waals surface area contributed by atoms with Crippen LogP contribution in [0.25, 0.3) is 0 Å². The molecule has 0 aliphatic carbocycles. The first kappa shape index (κ1) is 17.8. The number of sulfonamides is 1. The lowest BCUT2D eigenvalue weighted by Crippen LogP contribution is -2.30. The lowest BCUT2D eigenvalue weighted by atomic mass is 10.1. The van der Waals surface area contributed by atoms with Crippen LogP contribution in [0.15, 0.2) is 35.5 Å². The Morgan fingerprint density at radius 1 is 1.16 bits per heavy atom. The third-order valence-electron chi connectivity index (χ3n) is 3.96. The van der Waals surface area contributed by atoms with Crippen molar-refractivity contribution in [2.75, 3.05) is 29.8 Å². The zero-order valence-electron chi connectivity index (χ0n) is 13.8. The fourth-order valence-corrected chi connectivity index (χ4v) is 4.04. The van der Waals surface area contributed by atoms with Crippen molar-refractivity contribution in [3.63, 3.8) is 0 Å². The van der Waals surface area contributed by atoms with E-state index in [1.54, 1.807) is 0 Å². The molecular weight excluding hydrogens is 364 g/mol. The number of benzene rings is 1. The topological polar surface area (TPSA) is 84.4 Å². The van der Waals surface area contributed by atoms with E-state index in [2.05, 4.69) is 19.6 Å². The van der Waals surface area contributed by atoms with Gasteiger partial charge in [-0.05, 0) is 37.5 Å². The Labute approximate surface area is 152 Å². The molecule has 7 nitrogen and oxygen atoms in total. The van der Waals surface area contributed by atoms with Crippen molar-refractivity contribution >= 4 is 33.3 Å². The van der Waals surface area contributed by atoms with Crippen LogP contribution in [0.5, 0.6) is 5.75 Å².